The smallest absolute Gasteiger partial charge is 0.246 e. The largest absolute Gasteiger partial charge is 0.273 e. The van der Waals surface area contributed by atoms with Crippen molar-refractivity contribution >= 4 is 12.1 Å². The van der Waals surface area contributed by atoms with Crippen LogP contribution in [0.5, 0.6) is 0 Å². The minimum atomic E-state index is -0.160. The summed E-state index contributed by atoms with van der Waals surface area (Å²) < 4.78 is 1.87. The van der Waals surface area contributed by atoms with Gasteiger partial charge in [0.1, 0.15) is 0 Å². The maximum atomic E-state index is 13.0. The third-order valence-corrected chi connectivity index (χ3v) is 7.35. The predicted octanol–water partition coefficient (Wildman–Crippen LogP) is 4.23. The van der Waals surface area contributed by atoms with E-state index in [1.54, 1.807) is 6.21 Å². The highest BCUT2D eigenvalue weighted by Gasteiger charge is 2.54. The van der Waals surface area contributed by atoms with Gasteiger partial charge in [0.15, 0.2) is 0 Å². The zero-order valence-corrected chi connectivity index (χ0v) is 18.1. The van der Waals surface area contributed by atoms with Crippen molar-refractivity contribution in [3.05, 3.63) is 41.7 Å². The minimum Gasteiger partial charge on any atom is -0.273 e. The molecule has 4 fully saturated rings. The number of hydrazone groups is 1. The van der Waals surface area contributed by atoms with Crippen LogP contribution in [0.15, 0.2) is 35.6 Å². The Morgan fingerprint density at radius 2 is 1.70 bits per heavy atom. The van der Waals surface area contributed by atoms with Crippen LogP contribution in [0.2, 0.25) is 0 Å². The summed E-state index contributed by atoms with van der Waals surface area (Å²) in [6.45, 7) is 6.45. The Morgan fingerprint density at radius 3 is 2.27 bits per heavy atom. The lowest BCUT2D eigenvalue weighted by atomic mass is 9.49. The molecule has 30 heavy (non-hydrogen) atoms. The van der Waals surface area contributed by atoms with Crippen LogP contribution in [0.1, 0.15) is 70.6 Å². The zero-order valence-electron chi connectivity index (χ0n) is 18.1. The van der Waals surface area contributed by atoms with Crippen LogP contribution in [-0.4, -0.2) is 27.1 Å². The van der Waals surface area contributed by atoms with Gasteiger partial charge in [-0.05, 0) is 74.0 Å². The molecule has 0 saturated heterocycles. The average Bonchev–Trinajstić information content (AvgIpc) is 3.18. The summed E-state index contributed by atoms with van der Waals surface area (Å²) in [7, 11) is 0. The molecule has 6 nitrogen and oxygen atoms in total. The summed E-state index contributed by atoms with van der Waals surface area (Å²) in [6, 6.07) is 7.99. The third-order valence-electron chi connectivity index (χ3n) is 7.35. The number of amides is 1. The van der Waals surface area contributed by atoms with E-state index in [9.17, 15) is 4.79 Å². The molecule has 6 heteroatoms. The lowest BCUT2D eigenvalue weighted by Gasteiger charge is -2.55. The number of aromatic nitrogens is 3. The Kier molecular flexibility index (Phi) is 4.56. The molecule has 0 unspecified atom stereocenters. The Labute approximate surface area is 178 Å². The summed E-state index contributed by atoms with van der Waals surface area (Å²) in [5.41, 5.74) is 5.64. The van der Waals surface area contributed by atoms with Gasteiger partial charge in [-0.25, -0.2) is 10.1 Å². The van der Waals surface area contributed by atoms with Crippen molar-refractivity contribution in [3.8, 4) is 5.69 Å². The summed E-state index contributed by atoms with van der Waals surface area (Å²) in [5, 5.41) is 12.6. The molecular formula is C24H31N5O. The van der Waals surface area contributed by atoms with E-state index >= 15 is 0 Å². The molecule has 4 bridgehead atoms. The molecule has 0 atom stereocenters. The second-order valence-electron chi connectivity index (χ2n) is 10.8. The molecule has 4 aliphatic rings. The number of carbonyl (C=O) groups excluding carboxylic acids is 1. The monoisotopic (exact) mass is 405 g/mol. The van der Waals surface area contributed by atoms with Crippen LogP contribution in [-0.2, 0) is 10.2 Å². The van der Waals surface area contributed by atoms with E-state index in [0.717, 1.165) is 54.0 Å². The Morgan fingerprint density at radius 1 is 1.10 bits per heavy atom. The Hall–Kier alpha value is -2.50. The fourth-order valence-corrected chi connectivity index (χ4v) is 6.31. The van der Waals surface area contributed by atoms with Gasteiger partial charge in [-0.2, -0.15) is 5.10 Å². The van der Waals surface area contributed by atoms with Crippen molar-refractivity contribution in [1.29, 1.82) is 0 Å². The fourth-order valence-electron chi connectivity index (χ4n) is 6.31. The molecule has 6 rings (SSSR count). The van der Waals surface area contributed by atoms with Crippen LogP contribution < -0.4 is 5.43 Å². The first-order valence-corrected chi connectivity index (χ1v) is 11.2. The van der Waals surface area contributed by atoms with E-state index in [4.69, 9.17) is 0 Å². The zero-order chi connectivity index (χ0) is 20.9. The third kappa shape index (κ3) is 3.46. The lowest BCUT2D eigenvalue weighted by Crippen LogP contribution is -2.52. The molecule has 4 saturated carbocycles. The molecule has 2 aromatic rings. The second-order valence-corrected chi connectivity index (χ2v) is 10.8. The summed E-state index contributed by atoms with van der Waals surface area (Å²) in [4.78, 5) is 13.0. The van der Waals surface area contributed by atoms with Crippen LogP contribution in [0, 0.1) is 23.2 Å². The number of nitrogens with one attached hydrogen (secondary N) is 1. The van der Waals surface area contributed by atoms with Crippen molar-refractivity contribution in [3.63, 3.8) is 0 Å². The first kappa shape index (κ1) is 19.5. The number of rotatable bonds is 4. The SMILES string of the molecule is CC(C)(C)c1cnnn1-c1ccc(/C=N\NC(=O)C23CC4CC(CC(C4)C2)C3)cc1. The van der Waals surface area contributed by atoms with Crippen LogP contribution in [0.25, 0.3) is 5.69 Å². The fraction of sp³-hybridized carbons (Fsp3) is 0.583. The number of hydrogen-bond donors (Lipinski definition) is 1. The van der Waals surface area contributed by atoms with E-state index in [1.807, 2.05) is 35.1 Å². The summed E-state index contributed by atoms with van der Waals surface area (Å²) in [6.07, 6.45) is 10.7. The van der Waals surface area contributed by atoms with Crippen molar-refractivity contribution in [2.45, 2.75) is 64.7 Å². The normalized spacial score (nSPS) is 30.2. The van der Waals surface area contributed by atoms with E-state index < -0.39 is 0 Å². The molecule has 4 aliphatic carbocycles. The standard InChI is InChI=1S/C24H31N5O/c1-23(2,3)21-15-26-28-29(21)20-6-4-16(5-7-20)14-25-27-22(30)24-11-17-8-18(12-24)10-19(9-17)13-24/h4-7,14-15,17-19H,8-13H2,1-3H3,(H,27,30)/b25-14-. The first-order valence-electron chi connectivity index (χ1n) is 11.2. The van der Waals surface area contributed by atoms with Crippen molar-refractivity contribution in [2.75, 3.05) is 0 Å². The number of nitrogens with zero attached hydrogens (tertiary/aromatic N) is 4. The molecule has 1 aromatic heterocycles. The number of hydrogen-bond acceptors (Lipinski definition) is 4. The van der Waals surface area contributed by atoms with Crippen molar-refractivity contribution in [2.24, 2.45) is 28.3 Å². The highest BCUT2D eigenvalue weighted by atomic mass is 16.2. The van der Waals surface area contributed by atoms with Gasteiger partial charge in [-0.3, -0.25) is 4.79 Å². The number of carbonyl (C=O) groups is 1. The van der Waals surface area contributed by atoms with Gasteiger partial charge in [0.2, 0.25) is 5.91 Å². The molecule has 0 aliphatic heterocycles. The minimum absolute atomic E-state index is 0.0365. The highest BCUT2D eigenvalue weighted by Crippen LogP contribution is 2.60. The van der Waals surface area contributed by atoms with Crippen LogP contribution in [0.3, 0.4) is 0 Å². The molecule has 1 heterocycles. The van der Waals surface area contributed by atoms with Gasteiger partial charge < -0.3 is 0 Å². The van der Waals surface area contributed by atoms with Crippen LogP contribution >= 0.6 is 0 Å². The van der Waals surface area contributed by atoms with Gasteiger partial charge in [0.05, 0.1) is 29.2 Å². The predicted molar refractivity (Wildman–Crippen MR) is 116 cm³/mol. The maximum Gasteiger partial charge on any atom is 0.246 e. The first-order chi connectivity index (χ1) is 14.3. The molecule has 1 aromatic carbocycles. The number of benzene rings is 1. The Balaban J connectivity index is 1.25. The van der Waals surface area contributed by atoms with Gasteiger partial charge in [0, 0.05) is 5.41 Å². The highest BCUT2D eigenvalue weighted by molar-refractivity contribution is 5.86. The van der Waals surface area contributed by atoms with Crippen molar-refractivity contribution in [1.82, 2.24) is 20.4 Å². The van der Waals surface area contributed by atoms with Gasteiger partial charge in [-0.1, -0.05) is 38.1 Å². The Bertz CT molecular complexity index is 931. The molecule has 0 spiro atoms. The molecular weight excluding hydrogens is 374 g/mol. The van der Waals surface area contributed by atoms with E-state index in [-0.39, 0.29) is 16.7 Å². The van der Waals surface area contributed by atoms with Gasteiger partial charge in [-0.15, -0.1) is 5.10 Å². The van der Waals surface area contributed by atoms with Crippen molar-refractivity contribution < 1.29 is 4.79 Å². The summed E-state index contributed by atoms with van der Waals surface area (Å²) >= 11 is 0. The van der Waals surface area contributed by atoms with E-state index in [2.05, 4.69) is 41.6 Å². The molecule has 0 radical (unpaired) electrons. The van der Waals surface area contributed by atoms with Gasteiger partial charge >= 0.3 is 0 Å². The van der Waals surface area contributed by atoms with E-state index in [1.165, 1.54) is 19.3 Å². The average molecular weight is 406 g/mol. The lowest BCUT2D eigenvalue weighted by molar-refractivity contribution is -0.146. The quantitative estimate of drug-likeness (QED) is 0.611. The maximum absolute atomic E-state index is 13.0. The van der Waals surface area contributed by atoms with Gasteiger partial charge in [0.25, 0.3) is 0 Å². The molecule has 1 amide bonds. The molecule has 158 valence electrons. The van der Waals surface area contributed by atoms with E-state index in [0.29, 0.717) is 0 Å². The van der Waals surface area contributed by atoms with Crippen LogP contribution in [0.4, 0.5) is 0 Å². The molecule has 1 N–H and O–H groups in total. The second kappa shape index (κ2) is 7.03. The topological polar surface area (TPSA) is 72.2 Å². The summed E-state index contributed by atoms with van der Waals surface area (Å²) in [5.74, 6) is 2.40.